The first-order valence-electron chi connectivity index (χ1n) is 21.3. The highest BCUT2D eigenvalue weighted by Crippen LogP contribution is 2.51. The SMILES string of the molecule is [C-]#[N+]c1c(-n2c3ccccc3c3ccccc32)c(C#N)c(-n2c3ccccc3c3ccc4c5ccccc5sc4c32)c(C)c1-n1c2ccccc2c2ccc3c4ccccc4sc3c21. The van der Waals surface area contributed by atoms with Crippen molar-refractivity contribution in [3.05, 3.63) is 192 Å². The van der Waals surface area contributed by atoms with Gasteiger partial charge in [0.25, 0.3) is 0 Å². The fourth-order valence-corrected chi connectivity index (χ4v) is 13.4. The lowest BCUT2D eigenvalue weighted by Crippen LogP contribution is -2.11. The highest BCUT2D eigenvalue weighted by atomic mass is 32.1. The van der Waals surface area contributed by atoms with Gasteiger partial charge in [-0.05, 0) is 48.9 Å². The second-order valence-electron chi connectivity index (χ2n) is 16.6. The van der Waals surface area contributed by atoms with Crippen LogP contribution in [0.3, 0.4) is 0 Å². The fourth-order valence-electron chi connectivity index (χ4n) is 10.9. The summed E-state index contributed by atoms with van der Waals surface area (Å²) in [4.78, 5) is 4.58. The molecule has 0 N–H and O–H groups in total. The van der Waals surface area contributed by atoms with Crippen LogP contribution >= 0.6 is 22.7 Å². The summed E-state index contributed by atoms with van der Waals surface area (Å²) in [6.45, 7) is 11.5. The van der Waals surface area contributed by atoms with Crippen molar-refractivity contribution in [2.24, 2.45) is 0 Å². The van der Waals surface area contributed by atoms with Crippen LogP contribution < -0.4 is 0 Å². The molecule has 0 saturated heterocycles. The normalized spacial score (nSPS) is 12.1. The van der Waals surface area contributed by atoms with E-state index >= 15 is 0 Å². The van der Waals surface area contributed by atoms with E-state index in [0.717, 1.165) is 87.1 Å². The average Bonchev–Trinajstić information content (AvgIpc) is 4.15. The molecule has 0 aliphatic carbocycles. The number of rotatable bonds is 3. The molecule has 296 valence electrons. The molecule has 5 nitrogen and oxygen atoms in total. The number of hydrogen-bond donors (Lipinski definition) is 0. The molecule has 0 fully saturated rings. The van der Waals surface area contributed by atoms with Gasteiger partial charge >= 0.3 is 0 Å². The third-order valence-corrected chi connectivity index (χ3v) is 15.9. The van der Waals surface area contributed by atoms with Crippen molar-refractivity contribution in [2.45, 2.75) is 6.92 Å². The summed E-state index contributed by atoms with van der Waals surface area (Å²) in [6.07, 6.45) is 0. The first kappa shape index (κ1) is 35.4. The van der Waals surface area contributed by atoms with Gasteiger partial charge in [0.15, 0.2) is 0 Å². The van der Waals surface area contributed by atoms with Crippen LogP contribution in [0.2, 0.25) is 0 Å². The third-order valence-electron chi connectivity index (χ3n) is 13.5. The molecule has 5 aromatic heterocycles. The number of fused-ring (bicyclic) bond motifs is 17. The molecule has 14 rings (SSSR count). The summed E-state index contributed by atoms with van der Waals surface area (Å²) in [5.74, 6) is 0. The minimum atomic E-state index is 0.429. The van der Waals surface area contributed by atoms with E-state index in [0.29, 0.717) is 16.9 Å². The zero-order valence-electron chi connectivity index (χ0n) is 34.2. The summed E-state index contributed by atoms with van der Waals surface area (Å²) in [7, 11) is 0. The molecule has 0 saturated carbocycles. The number of benzene rings is 9. The van der Waals surface area contributed by atoms with E-state index < -0.39 is 0 Å². The van der Waals surface area contributed by atoms with Crippen LogP contribution in [0.4, 0.5) is 5.69 Å². The maximum Gasteiger partial charge on any atom is 0.235 e. The van der Waals surface area contributed by atoms with Crippen molar-refractivity contribution in [3.63, 3.8) is 0 Å². The molecule has 7 heteroatoms. The van der Waals surface area contributed by atoms with Gasteiger partial charge in [-0.25, -0.2) is 4.85 Å². The molecule has 9 aromatic carbocycles. The summed E-state index contributed by atoms with van der Waals surface area (Å²) in [6, 6.07) is 63.0. The van der Waals surface area contributed by atoms with E-state index in [4.69, 9.17) is 0 Å². The Morgan fingerprint density at radius 2 is 0.797 bits per heavy atom. The average molecular weight is 850 g/mol. The van der Waals surface area contributed by atoms with Crippen LogP contribution in [-0.4, -0.2) is 13.7 Å². The van der Waals surface area contributed by atoms with Crippen molar-refractivity contribution in [3.8, 4) is 23.1 Å². The molecule has 14 aromatic rings. The largest absolute Gasteiger partial charge is 0.318 e. The van der Waals surface area contributed by atoms with Crippen LogP contribution in [0.1, 0.15) is 11.1 Å². The molecule has 0 amide bonds. The molecular formula is C57H31N5S2. The van der Waals surface area contributed by atoms with Gasteiger partial charge in [-0.1, -0.05) is 133 Å². The minimum absolute atomic E-state index is 0.429. The van der Waals surface area contributed by atoms with Crippen LogP contribution in [-0.2, 0) is 0 Å². The summed E-state index contributed by atoms with van der Waals surface area (Å²) >= 11 is 3.59. The fraction of sp³-hybridized carbons (Fsp3) is 0.0175. The van der Waals surface area contributed by atoms with Crippen molar-refractivity contribution >= 4 is 134 Å². The summed E-state index contributed by atoms with van der Waals surface area (Å²) in [5.41, 5.74) is 9.86. The van der Waals surface area contributed by atoms with E-state index in [2.05, 4.69) is 189 Å². The van der Waals surface area contributed by atoms with Crippen LogP contribution in [0.15, 0.2) is 170 Å². The number of thiophene rings is 2. The lowest BCUT2D eigenvalue weighted by Gasteiger charge is -2.25. The van der Waals surface area contributed by atoms with Crippen molar-refractivity contribution in [2.75, 3.05) is 0 Å². The molecule has 0 aliphatic heterocycles. The molecule has 0 spiro atoms. The van der Waals surface area contributed by atoms with Gasteiger partial charge in [-0.15, -0.1) is 22.7 Å². The van der Waals surface area contributed by atoms with E-state index in [-0.39, 0.29) is 0 Å². The molecule has 0 unspecified atom stereocenters. The molecule has 5 heterocycles. The molecule has 0 aliphatic rings. The van der Waals surface area contributed by atoms with Crippen LogP contribution in [0.25, 0.3) is 128 Å². The first-order valence-corrected chi connectivity index (χ1v) is 22.9. The van der Waals surface area contributed by atoms with Crippen LogP contribution in [0.5, 0.6) is 0 Å². The number of nitriles is 1. The predicted octanol–water partition coefficient (Wildman–Crippen LogP) is 16.4. The minimum Gasteiger partial charge on any atom is -0.318 e. The Morgan fingerprint density at radius 1 is 0.422 bits per heavy atom. The Labute approximate surface area is 373 Å². The van der Waals surface area contributed by atoms with Gasteiger partial charge in [0.05, 0.1) is 71.7 Å². The van der Waals surface area contributed by atoms with Gasteiger partial charge in [0.1, 0.15) is 6.07 Å². The highest BCUT2D eigenvalue weighted by Gasteiger charge is 2.32. The van der Waals surface area contributed by atoms with Crippen molar-refractivity contribution < 1.29 is 0 Å². The lowest BCUT2D eigenvalue weighted by molar-refractivity contribution is 1.07. The highest BCUT2D eigenvalue weighted by molar-refractivity contribution is 7.27. The van der Waals surface area contributed by atoms with E-state index in [1.54, 1.807) is 22.7 Å². The lowest BCUT2D eigenvalue weighted by atomic mass is 9.99. The summed E-state index contributed by atoms with van der Waals surface area (Å²) in [5, 5.41) is 23.4. The Kier molecular flexibility index (Phi) is 7.15. The quantitative estimate of drug-likeness (QED) is 0.163. The zero-order valence-corrected chi connectivity index (χ0v) is 35.9. The van der Waals surface area contributed by atoms with E-state index in [1.807, 2.05) is 12.1 Å². The van der Waals surface area contributed by atoms with Gasteiger partial charge in [0.2, 0.25) is 5.69 Å². The molecular weight excluding hydrogens is 819 g/mol. The maximum absolute atomic E-state index is 12.0. The van der Waals surface area contributed by atoms with Gasteiger partial charge < -0.3 is 13.7 Å². The molecule has 0 radical (unpaired) electrons. The van der Waals surface area contributed by atoms with Crippen LogP contribution in [0, 0.1) is 24.8 Å². The second kappa shape index (κ2) is 12.9. The van der Waals surface area contributed by atoms with Crippen molar-refractivity contribution in [1.29, 1.82) is 5.26 Å². The Hall–Kier alpha value is -8.20. The number of nitrogens with zero attached hydrogens (tertiary/aromatic N) is 5. The molecule has 0 atom stereocenters. The monoisotopic (exact) mass is 849 g/mol. The third kappa shape index (κ3) is 4.44. The number of para-hydroxylation sites is 4. The summed E-state index contributed by atoms with van der Waals surface area (Å²) < 4.78 is 11.7. The smallest absolute Gasteiger partial charge is 0.235 e. The zero-order chi connectivity index (χ0) is 42.4. The second-order valence-corrected chi connectivity index (χ2v) is 18.7. The van der Waals surface area contributed by atoms with Crippen molar-refractivity contribution in [1.82, 2.24) is 13.7 Å². The van der Waals surface area contributed by atoms with Gasteiger partial charge in [-0.2, -0.15) is 5.26 Å². The first-order chi connectivity index (χ1) is 31.6. The van der Waals surface area contributed by atoms with Gasteiger partial charge in [0, 0.05) is 63.3 Å². The predicted molar refractivity (Wildman–Crippen MR) is 271 cm³/mol. The molecule has 0 bridgehead atoms. The Balaban J connectivity index is 1.27. The van der Waals surface area contributed by atoms with E-state index in [9.17, 15) is 11.8 Å². The number of aromatic nitrogens is 3. The topological polar surface area (TPSA) is 42.9 Å². The Morgan fingerprint density at radius 3 is 1.25 bits per heavy atom. The van der Waals surface area contributed by atoms with E-state index in [1.165, 1.54) is 35.6 Å². The number of hydrogen-bond acceptors (Lipinski definition) is 3. The molecule has 64 heavy (non-hydrogen) atoms. The maximum atomic E-state index is 12.0. The standard InChI is InChI=1S/C57H31N5S2/c1-32-51(61-46-23-11-5-17-35(46)39-27-29-41-37-19-7-13-25-48(37)63-56(41)54(39)61)43(31-58)53(60-44-21-9-3-15-33(44)34-16-4-10-22-45(34)60)50(59-2)52(32)62-47-24-12-6-18-36(47)40-28-30-42-38-20-8-14-26-49(38)64-57(42)55(40)62/h3-30H,1H3. The van der Waals surface area contributed by atoms with Gasteiger partial charge in [-0.3, -0.25) is 0 Å². The Bertz CT molecular complexity index is 4200.